The van der Waals surface area contributed by atoms with E-state index in [1.165, 1.54) is 5.52 Å². The summed E-state index contributed by atoms with van der Waals surface area (Å²) in [6.45, 7) is 2.98. The fourth-order valence-electron chi connectivity index (χ4n) is 1.74. The van der Waals surface area contributed by atoms with Gasteiger partial charge in [-0.15, -0.1) is 0 Å². The number of hydrogen-bond acceptors (Lipinski definition) is 3. The molecule has 0 radical (unpaired) electrons. The molecule has 0 saturated carbocycles. The van der Waals surface area contributed by atoms with Gasteiger partial charge < -0.3 is 9.88 Å². The molecule has 1 N–H and O–H groups in total. The predicted octanol–water partition coefficient (Wildman–Crippen LogP) is 2.61. The van der Waals surface area contributed by atoms with Gasteiger partial charge in [0, 0.05) is 19.3 Å². The van der Waals surface area contributed by atoms with E-state index in [4.69, 9.17) is 0 Å². The summed E-state index contributed by atoms with van der Waals surface area (Å²) in [6, 6.07) is 6.31. The van der Waals surface area contributed by atoms with E-state index >= 15 is 0 Å². The first-order valence-electron chi connectivity index (χ1n) is 5.50. The third kappa shape index (κ3) is 2.16. The lowest BCUT2D eigenvalue weighted by molar-refractivity contribution is 0.886. The average molecular weight is 235 g/mol. The second-order valence-corrected chi connectivity index (χ2v) is 4.37. The summed E-state index contributed by atoms with van der Waals surface area (Å²) >= 11 is 4.19. The fraction of sp³-hybridized carbons (Fsp3) is 0.417. The number of hydrogen-bond donors (Lipinski definition) is 2. The minimum Gasteiger partial charge on any atom is -0.385 e. The van der Waals surface area contributed by atoms with Crippen LogP contribution in [0.3, 0.4) is 0 Å². The summed E-state index contributed by atoms with van der Waals surface area (Å²) < 4.78 is 2.10. The molecule has 0 saturated heterocycles. The summed E-state index contributed by atoms with van der Waals surface area (Å²) in [6.07, 6.45) is 1.07. The molecule has 0 aliphatic carbocycles. The van der Waals surface area contributed by atoms with Gasteiger partial charge in [-0.3, -0.25) is 0 Å². The van der Waals surface area contributed by atoms with E-state index in [0.717, 1.165) is 35.7 Å². The predicted molar refractivity (Wildman–Crippen MR) is 72.4 cm³/mol. The van der Waals surface area contributed by atoms with E-state index in [-0.39, 0.29) is 0 Å². The van der Waals surface area contributed by atoms with Gasteiger partial charge in [-0.2, -0.15) is 12.6 Å². The van der Waals surface area contributed by atoms with Crippen molar-refractivity contribution < 1.29 is 0 Å². The van der Waals surface area contributed by atoms with Crippen LogP contribution in [0.1, 0.15) is 12.2 Å². The van der Waals surface area contributed by atoms with E-state index in [0.29, 0.717) is 0 Å². The second kappa shape index (κ2) is 4.78. The lowest BCUT2D eigenvalue weighted by atomic mass is 10.2. The van der Waals surface area contributed by atoms with Crippen molar-refractivity contribution in [2.24, 2.45) is 7.05 Å². The van der Waals surface area contributed by atoms with Crippen molar-refractivity contribution >= 4 is 29.3 Å². The summed E-state index contributed by atoms with van der Waals surface area (Å²) in [7, 11) is 2.04. The topological polar surface area (TPSA) is 29.9 Å². The summed E-state index contributed by atoms with van der Waals surface area (Å²) in [4.78, 5) is 4.51. The molecule has 16 heavy (non-hydrogen) atoms. The van der Waals surface area contributed by atoms with Gasteiger partial charge >= 0.3 is 0 Å². The van der Waals surface area contributed by atoms with Crippen LogP contribution in [0.5, 0.6) is 0 Å². The summed E-state index contributed by atoms with van der Waals surface area (Å²) in [5, 5.41) is 3.37. The maximum absolute atomic E-state index is 4.51. The first kappa shape index (κ1) is 11.3. The Morgan fingerprint density at radius 3 is 3.00 bits per heavy atom. The normalized spacial score (nSPS) is 10.9. The van der Waals surface area contributed by atoms with E-state index < -0.39 is 0 Å². The molecule has 0 fully saturated rings. The van der Waals surface area contributed by atoms with E-state index in [9.17, 15) is 0 Å². The Bertz CT molecular complexity index is 490. The van der Waals surface area contributed by atoms with E-state index in [1.807, 2.05) is 14.0 Å². The van der Waals surface area contributed by atoms with Crippen molar-refractivity contribution in [2.75, 3.05) is 17.6 Å². The maximum atomic E-state index is 4.51. The molecule has 1 heterocycles. The van der Waals surface area contributed by atoms with Crippen LogP contribution in [0.15, 0.2) is 18.2 Å². The van der Waals surface area contributed by atoms with Gasteiger partial charge in [0.25, 0.3) is 0 Å². The molecule has 0 amide bonds. The molecular formula is C12H17N3S. The molecule has 1 aromatic carbocycles. The number of nitrogens with zero attached hydrogens (tertiary/aromatic N) is 2. The van der Waals surface area contributed by atoms with Crippen molar-refractivity contribution in [1.29, 1.82) is 0 Å². The van der Waals surface area contributed by atoms with Crippen LogP contribution < -0.4 is 5.32 Å². The molecule has 0 atom stereocenters. The molecule has 0 aliphatic heterocycles. The SMILES string of the molecule is Cc1nc2cc(NCCCS)ccc2n1C. The molecule has 1 aromatic heterocycles. The molecule has 2 rings (SSSR count). The molecule has 0 aliphatic rings. The van der Waals surface area contributed by atoms with Crippen LogP contribution in [0.2, 0.25) is 0 Å². The largest absolute Gasteiger partial charge is 0.385 e. The second-order valence-electron chi connectivity index (χ2n) is 3.93. The quantitative estimate of drug-likeness (QED) is 0.630. The highest BCUT2D eigenvalue weighted by atomic mass is 32.1. The number of nitrogens with one attached hydrogen (secondary N) is 1. The molecule has 3 nitrogen and oxygen atoms in total. The van der Waals surface area contributed by atoms with Crippen LogP contribution in [-0.4, -0.2) is 21.8 Å². The summed E-state index contributed by atoms with van der Waals surface area (Å²) in [5.41, 5.74) is 3.36. The lowest BCUT2D eigenvalue weighted by Gasteiger charge is -2.05. The van der Waals surface area contributed by atoms with Crippen molar-refractivity contribution in [3.05, 3.63) is 24.0 Å². The first-order valence-corrected chi connectivity index (χ1v) is 6.13. The van der Waals surface area contributed by atoms with Crippen molar-refractivity contribution in [3.8, 4) is 0 Å². The number of fused-ring (bicyclic) bond motifs is 1. The average Bonchev–Trinajstić information content (AvgIpc) is 2.55. The molecule has 86 valence electrons. The minimum absolute atomic E-state index is 0.915. The standard InChI is InChI=1S/C12H17N3S/c1-9-14-11-8-10(13-6-3-7-16)4-5-12(11)15(9)2/h4-5,8,13,16H,3,6-7H2,1-2H3. The molecule has 4 heteroatoms. The smallest absolute Gasteiger partial charge is 0.106 e. The first-order chi connectivity index (χ1) is 7.72. The molecule has 0 bridgehead atoms. The zero-order chi connectivity index (χ0) is 11.5. The number of thiol groups is 1. The lowest BCUT2D eigenvalue weighted by Crippen LogP contribution is -2.01. The monoisotopic (exact) mass is 235 g/mol. The highest BCUT2D eigenvalue weighted by molar-refractivity contribution is 7.80. The molecule has 2 aromatic rings. The Balaban J connectivity index is 2.23. The van der Waals surface area contributed by atoms with Crippen LogP contribution in [0, 0.1) is 6.92 Å². The van der Waals surface area contributed by atoms with Gasteiger partial charge in [0.05, 0.1) is 11.0 Å². The minimum atomic E-state index is 0.915. The van der Waals surface area contributed by atoms with Crippen LogP contribution in [0.4, 0.5) is 5.69 Å². The zero-order valence-corrected chi connectivity index (χ0v) is 10.6. The Kier molecular flexibility index (Phi) is 3.39. The van der Waals surface area contributed by atoms with Gasteiger partial charge in [0.15, 0.2) is 0 Å². The van der Waals surface area contributed by atoms with E-state index in [1.54, 1.807) is 0 Å². The van der Waals surface area contributed by atoms with Crippen LogP contribution in [0.25, 0.3) is 11.0 Å². The van der Waals surface area contributed by atoms with Crippen molar-refractivity contribution in [1.82, 2.24) is 9.55 Å². The highest BCUT2D eigenvalue weighted by Gasteiger charge is 2.04. The number of aromatic nitrogens is 2. The van der Waals surface area contributed by atoms with Crippen molar-refractivity contribution in [2.45, 2.75) is 13.3 Å². The number of benzene rings is 1. The van der Waals surface area contributed by atoms with E-state index in [2.05, 4.69) is 45.7 Å². The Hall–Kier alpha value is -1.16. The maximum Gasteiger partial charge on any atom is 0.106 e. The van der Waals surface area contributed by atoms with Gasteiger partial charge in [-0.1, -0.05) is 0 Å². The third-order valence-corrected chi connectivity index (χ3v) is 3.08. The van der Waals surface area contributed by atoms with Gasteiger partial charge in [0.1, 0.15) is 5.82 Å². The Morgan fingerprint density at radius 2 is 2.25 bits per heavy atom. The summed E-state index contributed by atoms with van der Waals surface area (Å²) in [5.74, 6) is 1.96. The van der Waals surface area contributed by atoms with Gasteiger partial charge in [-0.25, -0.2) is 4.98 Å². The van der Waals surface area contributed by atoms with Crippen LogP contribution in [-0.2, 0) is 7.05 Å². The molecule has 0 spiro atoms. The molecular weight excluding hydrogens is 218 g/mol. The van der Waals surface area contributed by atoms with Gasteiger partial charge in [0.2, 0.25) is 0 Å². The Morgan fingerprint density at radius 1 is 1.44 bits per heavy atom. The number of rotatable bonds is 4. The molecule has 0 unspecified atom stereocenters. The van der Waals surface area contributed by atoms with Crippen LogP contribution >= 0.6 is 12.6 Å². The Labute approximate surface area is 101 Å². The number of imidazole rings is 1. The number of aryl methyl sites for hydroxylation is 2. The highest BCUT2D eigenvalue weighted by Crippen LogP contribution is 2.19. The fourth-order valence-corrected chi connectivity index (χ4v) is 1.90. The zero-order valence-electron chi connectivity index (χ0n) is 9.70. The number of anilines is 1. The third-order valence-electron chi connectivity index (χ3n) is 2.77. The van der Waals surface area contributed by atoms with Crippen molar-refractivity contribution in [3.63, 3.8) is 0 Å². The van der Waals surface area contributed by atoms with Gasteiger partial charge in [-0.05, 0) is 37.3 Å².